The third-order valence-electron chi connectivity index (χ3n) is 1.94. The highest BCUT2D eigenvalue weighted by molar-refractivity contribution is 8.00. The number of thiazole rings is 1. The number of aryl methyl sites for hydroxylation is 1. The molecule has 0 saturated carbocycles. The fourth-order valence-corrected chi connectivity index (χ4v) is 3.04. The van der Waals surface area contributed by atoms with Crippen molar-refractivity contribution in [2.45, 2.75) is 11.1 Å². The Labute approximate surface area is 92.2 Å². The van der Waals surface area contributed by atoms with Gasteiger partial charge in [0.05, 0.1) is 14.9 Å². The van der Waals surface area contributed by atoms with E-state index in [1.54, 1.807) is 23.1 Å². The first-order chi connectivity index (χ1) is 6.81. The summed E-state index contributed by atoms with van der Waals surface area (Å²) in [5, 5.41) is 1.13. The molecule has 0 radical (unpaired) electrons. The maximum atomic E-state index is 4.55. The van der Waals surface area contributed by atoms with Crippen LogP contribution in [-0.2, 0) is 0 Å². The van der Waals surface area contributed by atoms with E-state index in [9.17, 15) is 0 Å². The largest absolute Gasteiger partial charge is 0.240 e. The van der Waals surface area contributed by atoms with Crippen LogP contribution in [0.15, 0.2) is 34.5 Å². The van der Waals surface area contributed by atoms with Gasteiger partial charge in [0.1, 0.15) is 0 Å². The maximum absolute atomic E-state index is 4.55. The average Bonchev–Trinajstić information content (AvgIpc) is 2.61. The Kier molecular flexibility index (Phi) is 2.89. The van der Waals surface area contributed by atoms with E-state index in [4.69, 9.17) is 0 Å². The van der Waals surface area contributed by atoms with Gasteiger partial charge in [-0.15, -0.1) is 23.1 Å². The van der Waals surface area contributed by atoms with E-state index in [2.05, 4.69) is 30.3 Å². The quantitative estimate of drug-likeness (QED) is 0.715. The maximum Gasteiger partial charge on any atom is 0.0951 e. The van der Waals surface area contributed by atoms with E-state index in [1.807, 2.05) is 18.2 Å². The molecule has 1 aromatic heterocycles. The second kappa shape index (κ2) is 4.15. The molecular formula is C11H11NS2. The molecule has 0 aliphatic rings. The van der Waals surface area contributed by atoms with Crippen LogP contribution in [0.4, 0.5) is 0 Å². The van der Waals surface area contributed by atoms with Crippen molar-refractivity contribution in [3.05, 3.63) is 35.3 Å². The predicted octanol–water partition coefficient (Wildman–Crippen LogP) is 3.84. The molecule has 72 valence electrons. The smallest absolute Gasteiger partial charge is 0.0951 e. The molecule has 2 aromatic rings. The molecule has 0 bridgehead atoms. The van der Waals surface area contributed by atoms with Gasteiger partial charge in [-0.05, 0) is 13.2 Å². The lowest BCUT2D eigenvalue weighted by Gasteiger charge is -1.98. The minimum Gasteiger partial charge on any atom is -0.240 e. The summed E-state index contributed by atoms with van der Waals surface area (Å²) in [6, 6.07) is 10.3. The predicted molar refractivity (Wildman–Crippen MR) is 64.1 cm³/mol. The summed E-state index contributed by atoms with van der Waals surface area (Å²) in [7, 11) is 0. The van der Waals surface area contributed by atoms with Crippen molar-refractivity contribution in [1.82, 2.24) is 4.98 Å². The van der Waals surface area contributed by atoms with Crippen molar-refractivity contribution < 1.29 is 0 Å². The zero-order valence-corrected chi connectivity index (χ0v) is 9.78. The molecule has 14 heavy (non-hydrogen) atoms. The standard InChI is InChI=1S/C11H11NS2/c1-8-12-10(11(13-2)14-8)9-6-4-3-5-7-9/h3-7H,1-2H3. The Morgan fingerprint density at radius 2 is 1.93 bits per heavy atom. The summed E-state index contributed by atoms with van der Waals surface area (Å²) in [5.74, 6) is 0. The van der Waals surface area contributed by atoms with E-state index >= 15 is 0 Å². The summed E-state index contributed by atoms with van der Waals surface area (Å²) >= 11 is 3.53. The number of aromatic nitrogens is 1. The normalized spacial score (nSPS) is 10.4. The van der Waals surface area contributed by atoms with Gasteiger partial charge in [0, 0.05) is 5.56 Å². The third kappa shape index (κ3) is 1.83. The van der Waals surface area contributed by atoms with Crippen LogP contribution < -0.4 is 0 Å². The first kappa shape index (κ1) is 9.74. The Morgan fingerprint density at radius 1 is 1.21 bits per heavy atom. The average molecular weight is 221 g/mol. The van der Waals surface area contributed by atoms with Crippen LogP contribution in [0.5, 0.6) is 0 Å². The molecule has 1 nitrogen and oxygen atoms in total. The molecule has 0 aliphatic carbocycles. The zero-order valence-electron chi connectivity index (χ0n) is 8.15. The molecule has 0 aliphatic heterocycles. The Hall–Kier alpha value is -0.800. The summed E-state index contributed by atoms with van der Waals surface area (Å²) in [6.45, 7) is 2.05. The van der Waals surface area contributed by atoms with E-state index in [0.29, 0.717) is 0 Å². The van der Waals surface area contributed by atoms with Gasteiger partial charge < -0.3 is 0 Å². The highest BCUT2D eigenvalue weighted by Crippen LogP contribution is 2.34. The number of thioether (sulfide) groups is 1. The Morgan fingerprint density at radius 3 is 2.57 bits per heavy atom. The van der Waals surface area contributed by atoms with Crippen molar-refractivity contribution >= 4 is 23.1 Å². The zero-order chi connectivity index (χ0) is 9.97. The summed E-state index contributed by atoms with van der Waals surface area (Å²) in [4.78, 5) is 4.55. The fraction of sp³-hybridized carbons (Fsp3) is 0.182. The van der Waals surface area contributed by atoms with E-state index in [0.717, 1.165) is 10.7 Å². The second-order valence-corrected chi connectivity index (χ2v) is 5.22. The van der Waals surface area contributed by atoms with Crippen LogP contribution in [0.1, 0.15) is 5.01 Å². The fourth-order valence-electron chi connectivity index (χ4n) is 1.33. The van der Waals surface area contributed by atoms with Crippen LogP contribution in [-0.4, -0.2) is 11.2 Å². The molecule has 0 unspecified atom stereocenters. The van der Waals surface area contributed by atoms with Gasteiger partial charge in [0.2, 0.25) is 0 Å². The highest BCUT2D eigenvalue weighted by atomic mass is 32.2. The van der Waals surface area contributed by atoms with Crippen molar-refractivity contribution in [3.63, 3.8) is 0 Å². The first-order valence-electron chi connectivity index (χ1n) is 4.38. The van der Waals surface area contributed by atoms with Crippen LogP contribution in [0.3, 0.4) is 0 Å². The van der Waals surface area contributed by atoms with Crippen molar-refractivity contribution in [2.24, 2.45) is 0 Å². The lowest BCUT2D eigenvalue weighted by atomic mass is 10.2. The van der Waals surface area contributed by atoms with Crippen molar-refractivity contribution in [1.29, 1.82) is 0 Å². The molecule has 0 amide bonds. The van der Waals surface area contributed by atoms with E-state index < -0.39 is 0 Å². The van der Waals surface area contributed by atoms with Crippen LogP contribution in [0.2, 0.25) is 0 Å². The van der Waals surface area contributed by atoms with E-state index in [-0.39, 0.29) is 0 Å². The Balaban J connectivity index is 2.51. The molecule has 0 atom stereocenters. The molecule has 0 spiro atoms. The summed E-state index contributed by atoms with van der Waals surface area (Å²) < 4.78 is 1.30. The molecular weight excluding hydrogens is 210 g/mol. The molecule has 1 aromatic carbocycles. The lowest BCUT2D eigenvalue weighted by molar-refractivity contribution is 1.28. The minimum absolute atomic E-state index is 1.13. The highest BCUT2D eigenvalue weighted by Gasteiger charge is 2.09. The SMILES string of the molecule is CSc1sc(C)nc1-c1ccccc1. The van der Waals surface area contributed by atoms with Gasteiger partial charge in [-0.3, -0.25) is 0 Å². The number of hydrogen-bond donors (Lipinski definition) is 0. The molecule has 3 heteroatoms. The summed E-state index contributed by atoms with van der Waals surface area (Å²) in [5.41, 5.74) is 2.34. The first-order valence-corrected chi connectivity index (χ1v) is 6.42. The lowest BCUT2D eigenvalue weighted by Crippen LogP contribution is -1.78. The second-order valence-electron chi connectivity index (χ2n) is 2.94. The molecule has 0 N–H and O–H groups in total. The Bertz CT molecular complexity index is 420. The van der Waals surface area contributed by atoms with Crippen LogP contribution in [0, 0.1) is 6.92 Å². The third-order valence-corrected chi connectivity index (χ3v) is 4.02. The molecule has 1 heterocycles. The number of rotatable bonds is 2. The van der Waals surface area contributed by atoms with Crippen molar-refractivity contribution in [2.75, 3.05) is 6.26 Å². The van der Waals surface area contributed by atoms with Gasteiger partial charge >= 0.3 is 0 Å². The number of benzene rings is 1. The van der Waals surface area contributed by atoms with Gasteiger partial charge in [-0.25, -0.2) is 4.98 Å². The van der Waals surface area contributed by atoms with Crippen molar-refractivity contribution in [3.8, 4) is 11.3 Å². The van der Waals surface area contributed by atoms with Crippen LogP contribution >= 0.6 is 23.1 Å². The van der Waals surface area contributed by atoms with Gasteiger partial charge in [-0.2, -0.15) is 0 Å². The molecule has 0 saturated heterocycles. The van der Waals surface area contributed by atoms with Crippen LogP contribution in [0.25, 0.3) is 11.3 Å². The van der Waals surface area contributed by atoms with E-state index in [1.165, 1.54) is 9.77 Å². The molecule has 0 fully saturated rings. The molecule has 2 rings (SSSR count). The monoisotopic (exact) mass is 221 g/mol. The minimum atomic E-state index is 1.13. The summed E-state index contributed by atoms with van der Waals surface area (Å²) in [6.07, 6.45) is 2.10. The van der Waals surface area contributed by atoms with Gasteiger partial charge in [0.15, 0.2) is 0 Å². The van der Waals surface area contributed by atoms with Gasteiger partial charge in [0.25, 0.3) is 0 Å². The number of hydrogen-bond acceptors (Lipinski definition) is 3. The topological polar surface area (TPSA) is 12.9 Å². The number of nitrogens with zero attached hydrogens (tertiary/aromatic N) is 1. The van der Waals surface area contributed by atoms with Gasteiger partial charge in [-0.1, -0.05) is 30.3 Å².